The first-order chi connectivity index (χ1) is 9.99. The number of nitrogens with zero attached hydrogens (tertiary/aromatic N) is 1. The van der Waals surface area contributed by atoms with Crippen molar-refractivity contribution in [2.45, 2.75) is 30.8 Å². The standard InChI is InChI=1S/C14H19N3O3S/c1-11(18)12-4-6-13(7-5-12)21(19,20)17-8-2-3-14-15-9-10-16-14/h4-7,9-11,17-18H,2-3,8H2,1H3,(H,15,16). The smallest absolute Gasteiger partial charge is 0.240 e. The summed E-state index contributed by atoms with van der Waals surface area (Å²) in [6.07, 6.45) is 4.16. The van der Waals surface area contributed by atoms with E-state index in [-0.39, 0.29) is 4.90 Å². The molecule has 0 saturated carbocycles. The normalized spacial score (nSPS) is 13.2. The van der Waals surface area contributed by atoms with E-state index in [4.69, 9.17) is 0 Å². The van der Waals surface area contributed by atoms with E-state index in [1.165, 1.54) is 12.1 Å². The number of nitrogens with one attached hydrogen (secondary N) is 2. The van der Waals surface area contributed by atoms with E-state index in [9.17, 15) is 13.5 Å². The second-order valence-electron chi connectivity index (χ2n) is 4.78. The summed E-state index contributed by atoms with van der Waals surface area (Å²) < 4.78 is 26.7. The lowest BCUT2D eigenvalue weighted by molar-refractivity contribution is 0.199. The van der Waals surface area contributed by atoms with Crippen LogP contribution in [0.1, 0.15) is 30.8 Å². The third-order valence-corrected chi connectivity index (χ3v) is 4.59. The highest BCUT2D eigenvalue weighted by molar-refractivity contribution is 7.89. The summed E-state index contributed by atoms with van der Waals surface area (Å²) in [5.41, 5.74) is 0.687. The van der Waals surface area contributed by atoms with Gasteiger partial charge in [-0.1, -0.05) is 12.1 Å². The van der Waals surface area contributed by atoms with Crippen molar-refractivity contribution in [1.29, 1.82) is 0 Å². The van der Waals surface area contributed by atoms with Crippen molar-refractivity contribution in [3.05, 3.63) is 48.0 Å². The summed E-state index contributed by atoms with van der Waals surface area (Å²) in [6.45, 7) is 1.98. The van der Waals surface area contributed by atoms with Gasteiger partial charge in [-0.05, 0) is 31.0 Å². The molecule has 0 radical (unpaired) electrons. The summed E-state index contributed by atoms with van der Waals surface area (Å²) in [4.78, 5) is 7.25. The van der Waals surface area contributed by atoms with Crippen LogP contribution in [0.15, 0.2) is 41.6 Å². The Morgan fingerprint density at radius 3 is 2.62 bits per heavy atom. The summed E-state index contributed by atoms with van der Waals surface area (Å²) in [7, 11) is -3.51. The van der Waals surface area contributed by atoms with Gasteiger partial charge in [0, 0.05) is 25.4 Å². The fraction of sp³-hybridized carbons (Fsp3) is 0.357. The van der Waals surface area contributed by atoms with Crippen molar-refractivity contribution in [1.82, 2.24) is 14.7 Å². The third kappa shape index (κ3) is 4.38. The number of aromatic amines is 1. The highest BCUT2D eigenvalue weighted by Crippen LogP contribution is 2.15. The van der Waals surface area contributed by atoms with Gasteiger partial charge in [0.05, 0.1) is 11.0 Å². The third-order valence-electron chi connectivity index (χ3n) is 3.11. The van der Waals surface area contributed by atoms with Crippen molar-refractivity contribution in [2.24, 2.45) is 0 Å². The van der Waals surface area contributed by atoms with Crippen molar-refractivity contribution in [2.75, 3.05) is 6.54 Å². The van der Waals surface area contributed by atoms with Crippen molar-refractivity contribution >= 4 is 10.0 Å². The Hall–Kier alpha value is -1.70. The van der Waals surface area contributed by atoms with Gasteiger partial charge in [0.1, 0.15) is 5.82 Å². The molecule has 1 heterocycles. The maximum atomic E-state index is 12.1. The van der Waals surface area contributed by atoms with Gasteiger partial charge in [-0.2, -0.15) is 0 Å². The molecule has 1 aromatic heterocycles. The van der Waals surface area contributed by atoms with Crippen LogP contribution in [0.5, 0.6) is 0 Å². The van der Waals surface area contributed by atoms with Crippen molar-refractivity contribution < 1.29 is 13.5 Å². The molecule has 0 bridgehead atoms. The monoisotopic (exact) mass is 309 g/mol. The number of imidazole rings is 1. The van der Waals surface area contributed by atoms with E-state index in [2.05, 4.69) is 14.7 Å². The molecule has 2 aromatic rings. The van der Waals surface area contributed by atoms with E-state index in [1.807, 2.05) is 0 Å². The molecule has 2 rings (SSSR count). The number of aryl methyl sites for hydroxylation is 1. The topological polar surface area (TPSA) is 95.1 Å². The fourth-order valence-corrected chi connectivity index (χ4v) is 2.98. The molecule has 114 valence electrons. The van der Waals surface area contributed by atoms with E-state index in [0.717, 1.165) is 5.82 Å². The number of sulfonamides is 1. The first-order valence-corrected chi connectivity index (χ1v) is 8.23. The van der Waals surface area contributed by atoms with Gasteiger partial charge in [0.25, 0.3) is 0 Å². The number of hydrogen-bond acceptors (Lipinski definition) is 4. The average Bonchev–Trinajstić information content (AvgIpc) is 2.97. The van der Waals surface area contributed by atoms with Crippen LogP contribution >= 0.6 is 0 Å². The van der Waals surface area contributed by atoms with Gasteiger partial charge >= 0.3 is 0 Å². The Kier molecular flexibility index (Phi) is 5.11. The van der Waals surface area contributed by atoms with Crippen LogP contribution in [0.2, 0.25) is 0 Å². The first-order valence-electron chi connectivity index (χ1n) is 6.75. The van der Waals surface area contributed by atoms with Crippen LogP contribution in [0.3, 0.4) is 0 Å². The lowest BCUT2D eigenvalue weighted by atomic mass is 10.1. The number of aliphatic hydroxyl groups excluding tert-OH is 1. The zero-order chi connectivity index (χ0) is 15.3. The number of hydrogen-bond donors (Lipinski definition) is 3. The summed E-state index contributed by atoms with van der Waals surface area (Å²) in [6, 6.07) is 6.22. The summed E-state index contributed by atoms with van der Waals surface area (Å²) >= 11 is 0. The van der Waals surface area contributed by atoms with Crippen LogP contribution < -0.4 is 4.72 Å². The SMILES string of the molecule is CC(O)c1ccc(S(=O)(=O)NCCCc2ncc[nH]2)cc1. The summed E-state index contributed by atoms with van der Waals surface area (Å²) in [5.74, 6) is 0.843. The molecule has 0 fully saturated rings. The number of aromatic nitrogens is 2. The highest BCUT2D eigenvalue weighted by Gasteiger charge is 2.13. The van der Waals surface area contributed by atoms with Crippen LogP contribution in [0.25, 0.3) is 0 Å². The van der Waals surface area contributed by atoms with Crippen LogP contribution in [-0.2, 0) is 16.4 Å². The number of benzene rings is 1. The van der Waals surface area contributed by atoms with Crippen molar-refractivity contribution in [3.63, 3.8) is 0 Å². The minimum absolute atomic E-state index is 0.199. The van der Waals surface area contributed by atoms with Crippen LogP contribution in [0.4, 0.5) is 0 Å². The van der Waals surface area contributed by atoms with E-state index < -0.39 is 16.1 Å². The molecule has 7 heteroatoms. The van der Waals surface area contributed by atoms with E-state index in [0.29, 0.717) is 24.9 Å². The Morgan fingerprint density at radius 2 is 2.05 bits per heavy atom. The molecule has 21 heavy (non-hydrogen) atoms. The lowest BCUT2D eigenvalue weighted by Gasteiger charge is -2.08. The number of rotatable bonds is 7. The summed E-state index contributed by atoms with van der Waals surface area (Å²) in [5, 5.41) is 9.41. The second kappa shape index (κ2) is 6.84. The highest BCUT2D eigenvalue weighted by atomic mass is 32.2. The van der Waals surface area contributed by atoms with Gasteiger partial charge in [-0.3, -0.25) is 0 Å². The predicted octanol–water partition coefficient (Wildman–Crippen LogP) is 1.37. The van der Waals surface area contributed by atoms with Gasteiger partial charge < -0.3 is 10.1 Å². The molecular weight excluding hydrogens is 290 g/mol. The molecule has 0 aliphatic carbocycles. The van der Waals surface area contributed by atoms with Gasteiger partial charge in [0.2, 0.25) is 10.0 Å². The van der Waals surface area contributed by atoms with E-state index >= 15 is 0 Å². The zero-order valence-corrected chi connectivity index (χ0v) is 12.6. The fourth-order valence-electron chi connectivity index (χ4n) is 1.91. The van der Waals surface area contributed by atoms with E-state index in [1.54, 1.807) is 31.5 Å². The van der Waals surface area contributed by atoms with Crippen molar-refractivity contribution in [3.8, 4) is 0 Å². The Balaban J connectivity index is 1.89. The minimum atomic E-state index is -3.51. The Morgan fingerprint density at radius 1 is 1.33 bits per heavy atom. The number of H-pyrrole nitrogens is 1. The molecule has 1 unspecified atom stereocenters. The Bertz CT molecular complexity index is 649. The molecule has 6 nitrogen and oxygen atoms in total. The van der Waals surface area contributed by atoms with Crippen LogP contribution in [-0.4, -0.2) is 30.0 Å². The largest absolute Gasteiger partial charge is 0.389 e. The molecule has 0 amide bonds. The van der Waals surface area contributed by atoms with Gasteiger partial charge in [-0.25, -0.2) is 18.1 Å². The van der Waals surface area contributed by atoms with Gasteiger partial charge in [0.15, 0.2) is 0 Å². The molecule has 1 aromatic carbocycles. The Labute approximate surface area is 124 Å². The second-order valence-corrected chi connectivity index (χ2v) is 6.55. The molecule has 0 aliphatic rings. The first kappa shape index (κ1) is 15.7. The van der Waals surface area contributed by atoms with Crippen LogP contribution in [0, 0.1) is 0 Å². The molecular formula is C14H19N3O3S. The molecule has 0 spiro atoms. The maximum Gasteiger partial charge on any atom is 0.240 e. The zero-order valence-electron chi connectivity index (χ0n) is 11.8. The predicted molar refractivity (Wildman–Crippen MR) is 79.2 cm³/mol. The van der Waals surface area contributed by atoms with Gasteiger partial charge in [-0.15, -0.1) is 0 Å². The minimum Gasteiger partial charge on any atom is -0.389 e. The quantitative estimate of drug-likeness (QED) is 0.673. The number of aliphatic hydroxyl groups is 1. The molecule has 0 saturated heterocycles. The lowest BCUT2D eigenvalue weighted by Crippen LogP contribution is -2.25. The molecule has 1 atom stereocenters. The molecule has 0 aliphatic heterocycles. The molecule has 3 N–H and O–H groups in total. The average molecular weight is 309 g/mol. The maximum absolute atomic E-state index is 12.1.